The van der Waals surface area contributed by atoms with Crippen molar-refractivity contribution in [3.8, 4) is 0 Å². The zero-order valence-corrected chi connectivity index (χ0v) is 11.5. The number of pyridine rings is 1. The zero-order valence-electron chi connectivity index (χ0n) is 11.5. The molecule has 2 rings (SSSR count). The van der Waals surface area contributed by atoms with Crippen molar-refractivity contribution in [3.05, 3.63) is 47.7 Å². The molecule has 0 radical (unpaired) electrons. The van der Waals surface area contributed by atoms with Gasteiger partial charge in [0, 0.05) is 12.4 Å². The molecule has 0 saturated heterocycles. The van der Waals surface area contributed by atoms with E-state index in [4.69, 9.17) is 0 Å². The fraction of sp³-hybridized carbons (Fsp3) is 0.286. The average Bonchev–Trinajstić information content (AvgIpc) is 2.52. The van der Waals surface area contributed by atoms with E-state index in [-0.39, 0.29) is 5.82 Å². The highest BCUT2D eigenvalue weighted by Gasteiger charge is 2.09. The summed E-state index contributed by atoms with van der Waals surface area (Å²) in [7, 11) is 1.30. The number of aryl methyl sites for hydroxylation is 1. The number of carbonyl (C=O) groups is 1. The van der Waals surface area contributed by atoms with E-state index in [0.717, 1.165) is 12.1 Å². The van der Waals surface area contributed by atoms with Crippen LogP contribution in [0.2, 0.25) is 0 Å². The predicted molar refractivity (Wildman–Crippen MR) is 74.3 cm³/mol. The van der Waals surface area contributed by atoms with Crippen molar-refractivity contribution in [2.45, 2.75) is 19.9 Å². The molecule has 0 aromatic carbocycles. The van der Waals surface area contributed by atoms with E-state index in [0.29, 0.717) is 12.4 Å². The summed E-state index contributed by atoms with van der Waals surface area (Å²) in [6.45, 7) is 2.63. The molecule has 1 N–H and O–H groups in total. The summed E-state index contributed by atoms with van der Waals surface area (Å²) in [5.74, 6) is 0.0445. The van der Waals surface area contributed by atoms with Gasteiger partial charge in [-0.05, 0) is 24.1 Å². The second-order valence-corrected chi connectivity index (χ2v) is 4.07. The number of esters is 1. The van der Waals surface area contributed by atoms with Crippen LogP contribution in [0.1, 0.15) is 28.8 Å². The van der Waals surface area contributed by atoms with E-state index < -0.39 is 5.97 Å². The first-order valence-corrected chi connectivity index (χ1v) is 6.32. The third kappa shape index (κ3) is 3.28. The van der Waals surface area contributed by atoms with Crippen molar-refractivity contribution < 1.29 is 9.53 Å². The molecular formula is C14H16N4O2. The fourth-order valence-electron chi connectivity index (χ4n) is 1.77. The molecule has 0 aliphatic rings. The molecule has 2 aromatic rings. The Morgan fingerprint density at radius 2 is 2.15 bits per heavy atom. The quantitative estimate of drug-likeness (QED) is 0.837. The second kappa shape index (κ2) is 6.60. The van der Waals surface area contributed by atoms with Crippen LogP contribution in [0.15, 0.2) is 30.6 Å². The van der Waals surface area contributed by atoms with Crippen molar-refractivity contribution in [1.29, 1.82) is 0 Å². The number of nitrogens with one attached hydrogen (secondary N) is 1. The molecule has 0 fully saturated rings. The minimum absolute atomic E-state index is 0.0363. The third-order valence-electron chi connectivity index (χ3n) is 2.83. The highest BCUT2D eigenvalue weighted by molar-refractivity contribution is 5.85. The molecule has 0 bridgehead atoms. The van der Waals surface area contributed by atoms with E-state index in [1.165, 1.54) is 18.9 Å². The summed E-state index contributed by atoms with van der Waals surface area (Å²) in [6.07, 6.45) is 4.19. The van der Waals surface area contributed by atoms with Crippen LogP contribution in [0.3, 0.4) is 0 Å². The number of aromatic nitrogens is 3. The highest BCUT2D eigenvalue weighted by Crippen LogP contribution is 2.09. The fourth-order valence-corrected chi connectivity index (χ4v) is 1.77. The van der Waals surface area contributed by atoms with Gasteiger partial charge in [0.1, 0.15) is 5.82 Å². The predicted octanol–water partition coefficient (Wildman–Crippen LogP) is 1.83. The van der Waals surface area contributed by atoms with Crippen LogP contribution in [0, 0.1) is 0 Å². The van der Waals surface area contributed by atoms with Gasteiger partial charge in [0.05, 0.1) is 19.3 Å². The summed E-state index contributed by atoms with van der Waals surface area (Å²) in [5.41, 5.74) is 2.15. The summed E-state index contributed by atoms with van der Waals surface area (Å²) in [5, 5.41) is 3.13. The van der Waals surface area contributed by atoms with Crippen molar-refractivity contribution in [2.75, 3.05) is 12.4 Å². The van der Waals surface area contributed by atoms with Crippen molar-refractivity contribution >= 4 is 11.8 Å². The lowest BCUT2D eigenvalue weighted by molar-refractivity contribution is 0.0587. The molecule has 2 aromatic heterocycles. The van der Waals surface area contributed by atoms with Crippen molar-refractivity contribution in [1.82, 2.24) is 15.0 Å². The van der Waals surface area contributed by atoms with Gasteiger partial charge in [-0.25, -0.2) is 14.8 Å². The molecule has 6 nitrogen and oxygen atoms in total. The maximum absolute atomic E-state index is 11.4. The van der Waals surface area contributed by atoms with Gasteiger partial charge in [0.25, 0.3) is 0 Å². The van der Waals surface area contributed by atoms with Crippen LogP contribution in [-0.2, 0) is 17.7 Å². The van der Waals surface area contributed by atoms with Crippen LogP contribution in [0.4, 0.5) is 5.82 Å². The van der Waals surface area contributed by atoms with Crippen LogP contribution in [0.25, 0.3) is 0 Å². The van der Waals surface area contributed by atoms with Gasteiger partial charge in [0.2, 0.25) is 5.82 Å². The van der Waals surface area contributed by atoms with Gasteiger partial charge in [-0.1, -0.05) is 13.0 Å². The van der Waals surface area contributed by atoms with E-state index in [1.54, 1.807) is 12.3 Å². The first-order valence-electron chi connectivity index (χ1n) is 6.32. The van der Waals surface area contributed by atoms with E-state index in [1.807, 2.05) is 12.1 Å². The van der Waals surface area contributed by atoms with Gasteiger partial charge >= 0.3 is 5.97 Å². The third-order valence-corrected chi connectivity index (χ3v) is 2.83. The van der Waals surface area contributed by atoms with Crippen molar-refractivity contribution in [2.24, 2.45) is 0 Å². The number of anilines is 1. The largest absolute Gasteiger partial charge is 0.463 e. The lowest BCUT2D eigenvalue weighted by Gasteiger charge is -2.09. The molecule has 0 aliphatic carbocycles. The monoisotopic (exact) mass is 272 g/mol. The van der Waals surface area contributed by atoms with Crippen LogP contribution < -0.4 is 5.32 Å². The molecule has 2 heterocycles. The number of carbonyl (C=O) groups excluding carboxylic acids is 1. The Labute approximate surface area is 117 Å². The Hall–Kier alpha value is -2.50. The number of rotatable bonds is 5. The molecule has 6 heteroatoms. The van der Waals surface area contributed by atoms with Crippen LogP contribution >= 0.6 is 0 Å². The standard InChI is InChI=1S/C14H16N4O2/c1-3-10-5-4-7-15-11(10)9-17-12-6-8-16-13(18-12)14(19)20-2/h4-8H,3,9H2,1-2H3,(H,16,17,18). The van der Waals surface area contributed by atoms with Gasteiger partial charge in [-0.2, -0.15) is 0 Å². The van der Waals surface area contributed by atoms with Gasteiger partial charge in [-0.3, -0.25) is 4.98 Å². The van der Waals surface area contributed by atoms with E-state index in [2.05, 4.69) is 31.9 Å². The molecular weight excluding hydrogens is 256 g/mol. The number of hydrogen-bond acceptors (Lipinski definition) is 6. The molecule has 0 unspecified atom stereocenters. The number of methoxy groups -OCH3 is 1. The maximum atomic E-state index is 11.4. The zero-order chi connectivity index (χ0) is 14.4. The first kappa shape index (κ1) is 13.9. The molecule has 104 valence electrons. The molecule has 0 atom stereocenters. The van der Waals surface area contributed by atoms with E-state index >= 15 is 0 Å². The Morgan fingerprint density at radius 1 is 1.30 bits per heavy atom. The van der Waals surface area contributed by atoms with Gasteiger partial charge in [-0.15, -0.1) is 0 Å². The van der Waals surface area contributed by atoms with Crippen LogP contribution in [0.5, 0.6) is 0 Å². The minimum atomic E-state index is -0.555. The summed E-state index contributed by atoms with van der Waals surface area (Å²) < 4.78 is 4.59. The number of ether oxygens (including phenoxy) is 1. The highest BCUT2D eigenvalue weighted by atomic mass is 16.5. The lowest BCUT2D eigenvalue weighted by atomic mass is 10.1. The van der Waals surface area contributed by atoms with Gasteiger partial charge in [0.15, 0.2) is 0 Å². The second-order valence-electron chi connectivity index (χ2n) is 4.07. The SMILES string of the molecule is CCc1cccnc1CNc1ccnc(C(=O)OC)n1. The topological polar surface area (TPSA) is 77.0 Å². The Morgan fingerprint density at radius 3 is 2.90 bits per heavy atom. The maximum Gasteiger partial charge on any atom is 0.376 e. The Kier molecular flexibility index (Phi) is 4.60. The van der Waals surface area contributed by atoms with E-state index in [9.17, 15) is 4.79 Å². The first-order chi connectivity index (χ1) is 9.74. The summed E-state index contributed by atoms with van der Waals surface area (Å²) >= 11 is 0. The molecule has 0 spiro atoms. The molecule has 20 heavy (non-hydrogen) atoms. The lowest BCUT2D eigenvalue weighted by Crippen LogP contribution is -2.11. The van der Waals surface area contributed by atoms with Gasteiger partial charge < -0.3 is 10.1 Å². The number of hydrogen-bond donors (Lipinski definition) is 1. The minimum Gasteiger partial charge on any atom is -0.463 e. The average molecular weight is 272 g/mol. The molecule has 0 saturated carbocycles. The summed E-state index contributed by atoms with van der Waals surface area (Å²) in [6, 6.07) is 5.66. The normalized spacial score (nSPS) is 10.1. The van der Waals surface area contributed by atoms with Crippen LogP contribution in [-0.4, -0.2) is 28.0 Å². The molecule has 0 amide bonds. The smallest absolute Gasteiger partial charge is 0.376 e. The Bertz CT molecular complexity index is 601. The molecule has 0 aliphatic heterocycles. The summed E-state index contributed by atoms with van der Waals surface area (Å²) in [4.78, 5) is 23.6. The number of nitrogens with zero attached hydrogens (tertiary/aromatic N) is 3. The Balaban J connectivity index is 2.09. The van der Waals surface area contributed by atoms with Crippen molar-refractivity contribution in [3.63, 3.8) is 0 Å².